The van der Waals surface area contributed by atoms with E-state index >= 15 is 0 Å². The molecule has 0 fully saturated rings. The number of nitrogens with zero attached hydrogens (tertiary/aromatic N) is 1. The number of imidazole rings is 1. The summed E-state index contributed by atoms with van der Waals surface area (Å²) in [5.41, 5.74) is 8.98. The number of hydrogen-bond acceptors (Lipinski definition) is 3. The van der Waals surface area contributed by atoms with Crippen molar-refractivity contribution in [3.05, 3.63) is 29.6 Å². The number of benzene rings is 1. The Kier molecular flexibility index (Phi) is 3.17. The zero-order valence-corrected chi connectivity index (χ0v) is 10.4. The minimum Gasteiger partial charge on any atom is -0.391 e. The lowest BCUT2D eigenvalue weighted by atomic mass is 10.0. The molecular weight excluding hydrogens is 214 g/mol. The normalized spacial score (nSPS) is 15.4. The van der Waals surface area contributed by atoms with Gasteiger partial charge in [-0.25, -0.2) is 4.98 Å². The second-order valence-corrected chi connectivity index (χ2v) is 4.82. The van der Waals surface area contributed by atoms with E-state index in [1.165, 1.54) is 5.56 Å². The molecule has 1 heterocycles. The van der Waals surface area contributed by atoms with E-state index in [2.05, 4.69) is 35.9 Å². The first-order chi connectivity index (χ1) is 7.99. The fourth-order valence-electron chi connectivity index (χ4n) is 1.79. The molecule has 4 N–H and O–H groups in total. The van der Waals surface area contributed by atoms with Crippen LogP contribution in [0.2, 0.25) is 0 Å². The van der Waals surface area contributed by atoms with Crippen LogP contribution in [-0.2, 0) is 0 Å². The van der Waals surface area contributed by atoms with Gasteiger partial charge in [0.25, 0.3) is 0 Å². The van der Waals surface area contributed by atoms with Gasteiger partial charge in [0.15, 0.2) is 0 Å². The van der Waals surface area contributed by atoms with Gasteiger partial charge in [0.05, 0.1) is 23.2 Å². The molecule has 0 aliphatic rings. The first-order valence-electron chi connectivity index (χ1n) is 5.92. The van der Waals surface area contributed by atoms with Crippen molar-refractivity contribution in [2.45, 2.75) is 38.8 Å². The van der Waals surface area contributed by atoms with Crippen LogP contribution in [0.15, 0.2) is 18.2 Å². The number of aromatic amines is 1. The second-order valence-electron chi connectivity index (χ2n) is 4.82. The molecule has 0 bridgehead atoms. The number of hydrogen-bond donors (Lipinski definition) is 3. The van der Waals surface area contributed by atoms with Gasteiger partial charge in [-0.1, -0.05) is 19.9 Å². The molecule has 0 aliphatic carbocycles. The van der Waals surface area contributed by atoms with E-state index in [4.69, 9.17) is 5.73 Å². The molecule has 0 aliphatic heterocycles. The molecule has 1 aromatic carbocycles. The highest BCUT2D eigenvalue weighted by Gasteiger charge is 2.16. The van der Waals surface area contributed by atoms with Gasteiger partial charge in [-0.05, 0) is 30.5 Å². The first-order valence-corrected chi connectivity index (χ1v) is 5.92. The maximum absolute atomic E-state index is 9.46. The van der Waals surface area contributed by atoms with Crippen molar-refractivity contribution >= 4 is 11.0 Å². The molecule has 2 atom stereocenters. The summed E-state index contributed by atoms with van der Waals surface area (Å²) < 4.78 is 0. The highest BCUT2D eigenvalue weighted by molar-refractivity contribution is 5.76. The van der Waals surface area contributed by atoms with Gasteiger partial charge in [0, 0.05) is 0 Å². The van der Waals surface area contributed by atoms with Crippen molar-refractivity contribution in [3.8, 4) is 0 Å². The van der Waals surface area contributed by atoms with Crippen LogP contribution in [0.3, 0.4) is 0 Å². The van der Waals surface area contributed by atoms with Gasteiger partial charge in [-0.15, -0.1) is 0 Å². The van der Waals surface area contributed by atoms with E-state index in [0.717, 1.165) is 11.0 Å². The van der Waals surface area contributed by atoms with Crippen LogP contribution in [0, 0.1) is 0 Å². The summed E-state index contributed by atoms with van der Waals surface area (Å²) in [7, 11) is 0. The summed E-state index contributed by atoms with van der Waals surface area (Å²) in [4.78, 5) is 7.57. The molecule has 4 heteroatoms. The van der Waals surface area contributed by atoms with Crippen LogP contribution >= 0.6 is 0 Å². The highest BCUT2D eigenvalue weighted by Crippen LogP contribution is 2.21. The largest absolute Gasteiger partial charge is 0.391 e. The van der Waals surface area contributed by atoms with Crippen molar-refractivity contribution in [2.24, 2.45) is 5.73 Å². The standard InChI is InChI=1S/C13H19N3O/c1-7(2)9-4-5-10-11(6-9)16-13(15-10)12(14)8(3)17/h4-8,12,17H,14H2,1-3H3,(H,15,16). The smallest absolute Gasteiger partial charge is 0.126 e. The van der Waals surface area contributed by atoms with Crippen molar-refractivity contribution < 1.29 is 5.11 Å². The van der Waals surface area contributed by atoms with Crippen LogP contribution in [0.1, 0.15) is 44.1 Å². The Hall–Kier alpha value is -1.39. The summed E-state index contributed by atoms with van der Waals surface area (Å²) in [6, 6.07) is 5.68. The molecule has 2 rings (SSSR count). The molecule has 2 aromatic rings. The number of rotatable bonds is 3. The molecule has 92 valence electrons. The van der Waals surface area contributed by atoms with Crippen LogP contribution < -0.4 is 5.73 Å². The zero-order chi connectivity index (χ0) is 12.6. The number of aliphatic hydroxyl groups is 1. The molecule has 0 saturated heterocycles. The van der Waals surface area contributed by atoms with Gasteiger partial charge in [0.1, 0.15) is 5.82 Å². The Morgan fingerprint density at radius 3 is 2.59 bits per heavy atom. The Morgan fingerprint density at radius 2 is 2.00 bits per heavy atom. The molecular formula is C13H19N3O. The van der Waals surface area contributed by atoms with E-state index < -0.39 is 12.1 Å². The fourth-order valence-corrected chi connectivity index (χ4v) is 1.79. The van der Waals surface area contributed by atoms with Crippen LogP contribution in [-0.4, -0.2) is 21.2 Å². The Bertz CT molecular complexity index is 516. The van der Waals surface area contributed by atoms with E-state index in [0.29, 0.717) is 11.7 Å². The predicted octanol–water partition coefficient (Wildman–Crippen LogP) is 2.07. The minimum absolute atomic E-state index is 0.468. The number of aliphatic hydroxyl groups excluding tert-OH is 1. The van der Waals surface area contributed by atoms with E-state index in [-0.39, 0.29) is 0 Å². The highest BCUT2D eigenvalue weighted by atomic mass is 16.3. The molecule has 17 heavy (non-hydrogen) atoms. The summed E-state index contributed by atoms with van der Waals surface area (Å²) in [6.45, 7) is 5.97. The van der Waals surface area contributed by atoms with E-state index in [9.17, 15) is 5.11 Å². The van der Waals surface area contributed by atoms with Gasteiger partial charge in [0.2, 0.25) is 0 Å². The quantitative estimate of drug-likeness (QED) is 0.759. The number of aromatic nitrogens is 2. The first kappa shape index (κ1) is 12.1. The van der Waals surface area contributed by atoms with Crippen LogP contribution in [0.25, 0.3) is 11.0 Å². The van der Waals surface area contributed by atoms with Gasteiger partial charge >= 0.3 is 0 Å². The van der Waals surface area contributed by atoms with Gasteiger partial charge in [-0.3, -0.25) is 0 Å². The molecule has 0 amide bonds. The lowest BCUT2D eigenvalue weighted by Crippen LogP contribution is -2.24. The van der Waals surface area contributed by atoms with Gasteiger partial charge in [-0.2, -0.15) is 0 Å². The average Bonchev–Trinajstić information content (AvgIpc) is 2.69. The topological polar surface area (TPSA) is 74.9 Å². The van der Waals surface area contributed by atoms with Crippen molar-refractivity contribution in [1.82, 2.24) is 9.97 Å². The van der Waals surface area contributed by atoms with E-state index in [1.807, 2.05) is 6.07 Å². The number of fused-ring (bicyclic) bond motifs is 1. The summed E-state index contributed by atoms with van der Waals surface area (Å²) in [6.07, 6.45) is -0.611. The third-order valence-electron chi connectivity index (χ3n) is 3.03. The number of H-pyrrole nitrogens is 1. The Morgan fingerprint density at radius 1 is 1.29 bits per heavy atom. The lowest BCUT2D eigenvalue weighted by Gasteiger charge is -2.10. The molecule has 0 radical (unpaired) electrons. The minimum atomic E-state index is -0.611. The van der Waals surface area contributed by atoms with Crippen molar-refractivity contribution in [2.75, 3.05) is 0 Å². The Labute approximate surface area is 101 Å². The maximum atomic E-state index is 9.46. The molecule has 0 saturated carbocycles. The fraction of sp³-hybridized carbons (Fsp3) is 0.462. The van der Waals surface area contributed by atoms with Crippen LogP contribution in [0.4, 0.5) is 0 Å². The zero-order valence-electron chi connectivity index (χ0n) is 10.4. The summed E-state index contributed by atoms with van der Waals surface area (Å²) >= 11 is 0. The molecule has 0 spiro atoms. The molecule has 4 nitrogen and oxygen atoms in total. The average molecular weight is 233 g/mol. The third-order valence-corrected chi connectivity index (χ3v) is 3.03. The Balaban J connectivity index is 2.43. The third kappa shape index (κ3) is 2.33. The summed E-state index contributed by atoms with van der Waals surface area (Å²) in [5.74, 6) is 1.12. The number of nitrogens with two attached hydrogens (primary N) is 1. The second kappa shape index (κ2) is 4.47. The lowest BCUT2D eigenvalue weighted by molar-refractivity contribution is 0.161. The molecule has 2 unspecified atom stereocenters. The number of nitrogens with one attached hydrogen (secondary N) is 1. The van der Waals surface area contributed by atoms with Gasteiger partial charge < -0.3 is 15.8 Å². The monoisotopic (exact) mass is 233 g/mol. The SMILES string of the molecule is CC(C)c1ccc2nc(C(N)C(C)O)[nH]c2c1. The predicted molar refractivity (Wildman–Crippen MR) is 68.8 cm³/mol. The summed E-state index contributed by atoms with van der Waals surface area (Å²) in [5, 5.41) is 9.46. The maximum Gasteiger partial charge on any atom is 0.126 e. The van der Waals surface area contributed by atoms with Crippen molar-refractivity contribution in [3.63, 3.8) is 0 Å². The molecule has 1 aromatic heterocycles. The van der Waals surface area contributed by atoms with E-state index in [1.54, 1.807) is 6.92 Å². The van der Waals surface area contributed by atoms with Crippen LogP contribution in [0.5, 0.6) is 0 Å². The van der Waals surface area contributed by atoms with Crippen molar-refractivity contribution in [1.29, 1.82) is 0 Å².